The van der Waals surface area contributed by atoms with Gasteiger partial charge in [0, 0.05) is 0 Å². The van der Waals surface area contributed by atoms with Crippen molar-refractivity contribution in [3.05, 3.63) is 151 Å². The van der Waals surface area contributed by atoms with Crippen LogP contribution >= 0.6 is 7.26 Å². The second kappa shape index (κ2) is 11.2. The lowest BCUT2D eigenvalue weighted by Gasteiger charge is -2.28. The summed E-state index contributed by atoms with van der Waals surface area (Å²) in [6, 6.07) is 51.5. The Morgan fingerprint density at radius 2 is 0.853 bits per heavy atom. The van der Waals surface area contributed by atoms with E-state index in [-0.39, 0.29) is 12.4 Å². The summed E-state index contributed by atoms with van der Waals surface area (Å²) in [7, 11) is -1.93. The normalized spacial score (nSPS) is 10.8. The first-order valence-electron chi connectivity index (χ1n) is 11.2. The van der Waals surface area contributed by atoms with Gasteiger partial charge in [-0.1, -0.05) is 84.9 Å². The molecule has 0 aliphatic heterocycles. The van der Waals surface area contributed by atoms with Crippen molar-refractivity contribution in [1.82, 2.24) is 0 Å². The minimum atomic E-state index is -1.93. The molecule has 3 heteroatoms. The van der Waals surface area contributed by atoms with Gasteiger partial charge in [0.15, 0.2) is 0 Å². The van der Waals surface area contributed by atoms with Crippen molar-refractivity contribution in [2.75, 3.05) is 0 Å². The molecule has 5 aromatic carbocycles. The zero-order valence-electron chi connectivity index (χ0n) is 18.8. The van der Waals surface area contributed by atoms with E-state index < -0.39 is 7.26 Å². The summed E-state index contributed by atoms with van der Waals surface area (Å²) in [5, 5.41) is 4.16. The molecule has 1 nitrogen and oxygen atoms in total. The van der Waals surface area contributed by atoms with Crippen LogP contribution in [0, 0.1) is 0 Å². The molecule has 0 saturated heterocycles. The van der Waals surface area contributed by atoms with Gasteiger partial charge in [0.05, 0.1) is 6.16 Å². The molecule has 0 spiro atoms. The lowest BCUT2D eigenvalue weighted by molar-refractivity contribution is -0.00000692. The number of benzene rings is 5. The maximum Gasteiger partial charge on any atom is 0.127 e. The third kappa shape index (κ3) is 5.07. The van der Waals surface area contributed by atoms with Crippen molar-refractivity contribution in [2.45, 2.75) is 6.16 Å². The first kappa shape index (κ1) is 23.8. The first-order chi connectivity index (χ1) is 16.3. The standard InChI is InChI=1S/C31H26OP.ClH/c1-5-15-27(16-6-1)32-28-17-13-14-26(24-28)25-33(29-18-7-2-8-19-29,30-20-9-3-10-21-30)31-22-11-4-12-23-31;/h1-24H,25H2;1H/q+1;/p-1. The van der Waals surface area contributed by atoms with E-state index >= 15 is 0 Å². The average Bonchev–Trinajstić information content (AvgIpc) is 2.90. The Bertz CT molecular complexity index is 1200. The van der Waals surface area contributed by atoms with Crippen LogP contribution in [0.25, 0.3) is 0 Å². The summed E-state index contributed by atoms with van der Waals surface area (Å²) >= 11 is 0. The predicted molar refractivity (Wildman–Crippen MR) is 142 cm³/mol. The zero-order valence-corrected chi connectivity index (χ0v) is 20.4. The highest BCUT2D eigenvalue weighted by molar-refractivity contribution is 7.95. The third-order valence-corrected chi connectivity index (χ3v) is 10.3. The lowest BCUT2D eigenvalue weighted by atomic mass is 10.2. The Kier molecular flexibility index (Phi) is 7.80. The van der Waals surface area contributed by atoms with Gasteiger partial charge in [0.2, 0.25) is 0 Å². The van der Waals surface area contributed by atoms with E-state index in [1.54, 1.807) is 0 Å². The summed E-state index contributed by atoms with van der Waals surface area (Å²) in [4.78, 5) is 0. The van der Waals surface area contributed by atoms with Gasteiger partial charge in [-0.15, -0.1) is 0 Å². The monoisotopic (exact) mass is 480 g/mol. The van der Waals surface area contributed by atoms with Crippen LogP contribution in [0.1, 0.15) is 5.56 Å². The van der Waals surface area contributed by atoms with E-state index in [4.69, 9.17) is 4.74 Å². The van der Waals surface area contributed by atoms with Gasteiger partial charge < -0.3 is 17.1 Å². The van der Waals surface area contributed by atoms with E-state index in [1.807, 2.05) is 36.4 Å². The number of hydrogen-bond acceptors (Lipinski definition) is 1. The molecule has 0 fully saturated rings. The highest BCUT2D eigenvalue weighted by atomic mass is 35.5. The van der Waals surface area contributed by atoms with E-state index in [1.165, 1.54) is 21.5 Å². The highest BCUT2D eigenvalue weighted by Crippen LogP contribution is 2.58. The van der Waals surface area contributed by atoms with Gasteiger partial charge >= 0.3 is 0 Å². The Balaban J connectivity index is 0.00000274. The number of ether oxygens (including phenoxy) is 1. The number of halogens is 1. The van der Waals surface area contributed by atoms with Crippen LogP contribution in [0.15, 0.2) is 146 Å². The number of para-hydroxylation sites is 1. The molecule has 34 heavy (non-hydrogen) atoms. The van der Waals surface area contributed by atoms with Crippen molar-refractivity contribution in [2.24, 2.45) is 0 Å². The fraction of sp³-hybridized carbons (Fsp3) is 0.0323. The minimum Gasteiger partial charge on any atom is -1.00 e. The van der Waals surface area contributed by atoms with Gasteiger partial charge in [-0.3, -0.25) is 0 Å². The molecule has 5 aromatic rings. The fourth-order valence-electron chi connectivity index (χ4n) is 4.37. The van der Waals surface area contributed by atoms with E-state index in [9.17, 15) is 0 Å². The van der Waals surface area contributed by atoms with E-state index in [2.05, 4.69) is 109 Å². The summed E-state index contributed by atoms with van der Waals surface area (Å²) in [6.07, 6.45) is 0.928. The molecule has 0 radical (unpaired) electrons. The summed E-state index contributed by atoms with van der Waals surface area (Å²) in [5.74, 6) is 1.72. The molecule has 168 valence electrons. The molecule has 0 heterocycles. The van der Waals surface area contributed by atoms with Gasteiger partial charge in [-0.05, 0) is 66.2 Å². The molecule has 5 rings (SSSR count). The van der Waals surface area contributed by atoms with Gasteiger partial charge in [-0.2, -0.15) is 0 Å². The van der Waals surface area contributed by atoms with Gasteiger partial charge in [-0.25, -0.2) is 0 Å². The zero-order chi connectivity index (χ0) is 22.3. The predicted octanol–water partition coefficient (Wildman–Crippen LogP) is 3.98. The largest absolute Gasteiger partial charge is 1.00 e. The van der Waals surface area contributed by atoms with Crippen LogP contribution in [0.4, 0.5) is 0 Å². The molecule has 0 unspecified atom stereocenters. The van der Waals surface area contributed by atoms with Crippen molar-refractivity contribution >= 4 is 23.2 Å². The first-order valence-corrected chi connectivity index (χ1v) is 13.2. The molecular weight excluding hydrogens is 455 g/mol. The van der Waals surface area contributed by atoms with Crippen LogP contribution < -0.4 is 33.1 Å². The van der Waals surface area contributed by atoms with Gasteiger partial charge in [0.25, 0.3) is 0 Å². The van der Waals surface area contributed by atoms with Crippen LogP contribution in [0.3, 0.4) is 0 Å². The Morgan fingerprint density at radius 3 is 1.32 bits per heavy atom. The average molecular weight is 481 g/mol. The third-order valence-electron chi connectivity index (χ3n) is 5.89. The summed E-state index contributed by atoms with van der Waals surface area (Å²) < 4.78 is 6.16. The van der Waals surface area contributed by atoms with Crippen molar-refractivity contribution in [3.8, 4) is 11.5 Å². The SMILES string of the molecule is [Cl-].c1ccc(Oc2cccc(C[P+](c3ccccc3)(c3ccccc3)c3ccccc3)c2)cc1. The maximum absolute atomic E-state index is 6.16. The molecule has 0 aliphatic carbocycles. The highest BCUT2D eigenvalue weighted by Gasteiger charge is 2.45. The number of rotatable bonds is 7. The van der Waals surface area contributed by atoms with Crippen molar-refractivity contribution in [3.63, 3.8) is 0 Å². The fourth-order valence-corrected chi connectivity index (χ4v) is 8.60. The van der Waals surface area contributed by atoms with E-state index in [0.717, 1.165) is 17.7 Å². The van der Waals surface area contributed by atoms with Crippen molar-refractivity contribution < 1.29 is 17.1 Å². The smallest absolute Gasteiger partial charge is 0.127 e. The lowest BCUT2D eigenvalue weighted by Crippen LogP contribution is -3.00. The summed E-state index contributed by atoms with van der Waals surface area (Å²) in [5.41, 5.74) is 1.27. The number of hydrogen-bond donors (Lipinski definition) is 0. The van der Waals surface area contributed by atoms with Crippen LogP contribution in [-0.2, 0) is 6.16 Å². The summed E-state index contributed by atoms with van der Waals surface area (Å²) in [6.45, 7) is 0. The molecule has 0 aliphatic rings. The topological polar surface area (TPSA) is 9.23 Å². The molecule has 0 bridgehead atoms. The molecule has 0 N–H and O–H groups in total. The Morgan fingerprint density at radius 1 is 0.441 bits per heavy atom. The second-order valence-corrected chi connectivity index (χ2v) is 11.5. The quantitative estimate of drug-likeness (QED) is 0.320. The molecule has 0 atom stereocenters. The second-order valence-electron chi connectivity index (χ2n) is 8.04. The van der Waals surface area contributed by atoms with E-state index in [0.29, 0.717) is 0 Å². The molecule has 0 saturated carbocycles. The van der Waals surface area contributed by atoms with Crippen molar-refractivity contribution in [1.29, 1.82) is 0 Å². The van der Waals surface area contributed by atoms with Crippen LogP contribution in [0.5, 0.6) is 11.5 Å². The molecular formula is C31H26ClOP. The Hall–Kier alpha value is -3.38. The van der Waals surface area contributed by atoms with Crippen LogP contribution in [-0.4, -0.2) is 0 Å². The van der Waals surface area contributed by atoms with Crippen LogP contribution in [0.2, 0.25) is 0 Å². The van der Waals surface area contributed by atoms with Gasteiger partial charge in [0.1, 0.15) is 34.7 Å². The maximum atomic E-state index is 6.16. The molecule has 0 amide bonds. The Labute approximate surface area is 208 Å². The molecule has 0 aromatic heterocycles. The minimum absolute atomic E-state index is 0.